The summed E-state index contributed by atoms with van der Waals surface area (Å²) in [7, 11) is 0. The maximum Gasteiger partial charge on any atom is 0.419 e. The number of nitrogens with zero attached hydrogens (tertiary/aromatic N) is 3. The number of ether oxygens (including phenoxy) is 1. The van der Waals surface area contributed by atoms with Crippen molar-refractivity contribution in [3.63, 3.8) is 0 Å². The van der Waals surface area contributed by atoms with Gasteiger partial charge in [0, 0.05) is 42.5 Å². The third-order valence-corrected chi connectivity index (χ3v) is 6.62. The molecule has 0 aliphatic rings. The van der Waals surface area contributed by atoms with Gasteiger partial charge in [-0.25, -0.2) is 19.2 Å². The molecule has 4 rings (SSSR count). The highest BCUT2D eigenvalue weighted by Gasteiger charge is 2.35. The number of carbonyl (C=O) groups excluding carboxylic acids is 1. The van der Waals surface area contributed by atoms with Gasteiger partial charge in [0.15, 0.2) is 16.7 Å². The summed E-state index contributed by atoms with van der Waals surface area (Å²) in [5.74, 6) is -5.00. The quantitative estimate of drug-likeness (QED) is 0.190. The summed E-state index contributed by atoms with van der Waals surface area (Å²) in [6.07, 6.45) is -2.10. The Balaban J connectivity index is 1.70. The minimum atomic E-state index is -4.87. The molecule has 41 heavy (non-hydrogen) atoms. The number of aromatic carboxylic acids is 1. The summed E-state index contributed by atoms with van der Waals surface area (Å²) in [5, 5.41) is 15.3. The molecule has 214 valence electrons. The molecule has 4 aromatic rings. The first-order valence-electron chi connectivity index (χ1n) is 11.9. The minimum Gasteiger partial charge on any atom is -0.478 e. The predicted molar refractivity (Wildman–Crippen MR) is 146 cm³/mol. The Morgan fingerprint density at radius 1 is 1.12 bits per heavy atom. The maximum atomic E-state index is 15.3. The lowest BCUT2D eigenvalue weighted by Crippen LogP contribution is -2.38. The first kappa shape index (κ1) is 29.7. The monoisotopic (exact) mass is 608 g/mol. The van der Waals surface area contributed by atoms with Crippen LogP contribution in [0.1, 0.15) is 45.8 Å². The number of anilines is 2. The van der Waals surface area contributed by atoms with Crippen molar-refractivity contribution in [2.75, 3.05) is 10.2 Å². The Morgan fingerprint density at radius 3 is 2.46 bits per heavy atom. The molecule has 0 bridgehead atoms. The molecule has 2 aromatic carbocycles. The Labute approximate surface area is 240 Å². The van der Waals surface area contributed by atoms with Gasteiger partial charge in [-0.2, -0.15) is 13.2 Å². The highest BCUT2D eigenvalue weighted by Crippen LogP contribution is 2.41. The highest BCUT2D eigenvalue weighted by molar-refractivity contribution is 7.13. The molecule has 0 atom stereocenters. The maximum absolute atomic E-state index is 15.3. The second-order valence-electron chi connectivity index (χ2n) is 8.86. The Hall–Kier alpha value is -4.23. The number of nitrogens with one attached hydrogen (secondary N) is 1. The molecule has 1 amide bonds. The second-order valence-corrected chi connectivity index (χ2v) is 10.2. The van der Waals surface area contributed by atoms with E-state index in [-0.39, 0.29) is 28.5 Å². The van der Waals surface area contributed by atoms with E-state index in [0.29, 0.717) is 5.13 Å². The normalized spacial score (nSPS) is 11.4. The van der Waals surface area contributed by atoms with Crippen LogP contribution >= 0.6 is 22.9 Å². The summed E-state index contributed by atoms with van der Waals surface area (Å²) in [4.78, 5) is 34.3. The molecule has 0 aliphatic heterocycles. The van der Waals surface area contributed by atoms with Crippen LogP contribution in [0.4, 0.5) is 28.4 Å². The summed E-state index contributed by atoms with van der Waals surface area (Å²) >= 11 is 7.10. The zero-order valence-corrected chi connectivity index (χ0v) is 22.9. The fourth-order valence-corrected chi connectivity index (χ4v) is 4.48. The molecule has 0 radical (unpaired) electrons. The summed E-state index contributed by atoms with van der Waals surface area (Å²) in [6, 6.07) is 6.76. The van der Waals surface area contributed by atoms with Gasteiger partial charge in [0.2, 0.25) is 0 Å². The minimum absolute atomic E-state index is 0.0324. The predicted octanol–water partition coefficient (Wildman–Crippen LogP) is 7.51. The van der Waals surface area contributed by atoms with Gasteiger partial charge in [-0.05, 0) is 43.7 Å². The van der Waals surface area contributed by atoms with E-state index in [1.54, 1.807) is 25.4 Å². The van der Waals surface area contributed by atoms with Gasteiger partial charge in [-0.3, -0.25) is 4.79 Å². The SMILES string of the molecule is CC(C)N(C(=O)c1ccc(Cl)cn1)c1cc(F)c(Oc2ccc(CNc3nccs3)cc2C(F)(F)F)cc1C(=O)O. The van der Waals surface area contributed by atoms with Gasteiger partial charge in [-0.15, -0.1) is 11.3 Å². The molecular formula is C27H21ClF4N4O4S. The number of halogens is 5. The third kappa shape index (κ3) is 6.92. The number of benzene rings is 2. The molecule has 0 aliphatic carbocycles. The smallest absolute Gasteiger partial charge is 0.419 e. The summed E-state index contributed by atoms with van der Waals surface area (Å²) in [5.41, 5.74) is -1.93. The number of carboxylic acid groups (broad SMARTS) is 1. The number of alkyl halides is 3. The van der Waals surface area contributed by atoms with Crippen molar-refractivity contribution in [3.05, 3.63) is 93.5 Å². The lowest BCUT2D eigenvalue weighted by Gasteiger charge is -2.28. The van der Waals surface area contributed by atoms with Crippen molar-refractivity contribution in [2.45, 2.75) is 32.6 Å². The van der Waals surface area contributed by atoms with E-state index >= 15 is 4.39 Å². The lowest BCUT2D eigenvalue weighted by molar-refractivity contribution is -0.138. The molecule has 2 heterocycles. The van der Waals surface area contributed by atoms with Crippen molar-refractivity contribution in [2.24, 2.45) is 0 Å². The zero-order valence-electron chi connectivity index (χ0n) is 21.4. The Bertz CT molecular complexity index is 1570. The fourth-order valence-electron chi connectivity index (χ4n) is 3.84. The third-order valence-electron chi connectivity index (χ3n) is 5.67. The van der Waals surface area contributed by atoms with Crippen LogP contribution in [0.15, 0.2) is 60.2 Å². The average Bonchev–Trinajstić information content (AvgIpc) is 3.42. The van der Waals surface area contributed by atoms with Crippen molar-refractivity contribution in [1.82, 2.24) is 9.97 Å². The van der Waals surface area contributed by atoms with E-state index < -0.39 is 52.5 Å². The van der Waals surface area contributed by atoms with Gasteiger partial charge >= 0.3 is 12.1 Å². The number of aromatic nitrogens is 2. The molecular weight excluding hydrogens is 588 g/mol. The standard InChI is InChI=1S/C27H21ClF4N4O4S/c1-14(2)36(24(37)20-5-4-16(28)13-34-20)21-11-19(29)23(10-17(21)25(38)39)40-22-6-3-15(9-18(22)27(30,31)32)12-35-26-33-7-8-41-26/h3-11,13-14H,12H2,1-2H3,(H,33,35)(H,38,39). The summed E-state index contributed by atoms with van der Waals surface area (Å²) in [6.45, 7) is 3.18. The molecule has 2 aromatic heterocycles. The Morgan fingerprint density at radius 2 is 1.88 bits per heavy atom. The van der Waals surface area contributed by atoms with Crippen LogP contribution in [0, 0.1) is 5.82 Å². The van der Waals surface area contributed by atoms with Gasteiger partial charge in [-0.1, -0.05) is 17.7 Å². The van der Waals surface area contributed by atoms with E-state index in [4.69, 9.17) is 16.3 Å². The van der Waals surface area contributed by atoms with Crippen LogP contribution in [0.25, 0.3) is 0 Å². The van der Waals surface area contributed by atoms with Gasteiger partial charge in [0.1, 0.15) is 11.4 Å². The molecule has 0 unspecified atom stereocenters. The highest BCUT2D eigenvalue weighted by atomic mass is 35.5. The second kappa shape index (κ2) is 12.1. The molecule has 14 heteroatoms. The molecule has 0 spiro atoms. The van der Waals surface area contributed by atoms with Crippen LogP contribution < -0.4 is 15.0 Å². The lowest BCUT2D eigenvalue weighted by atomic mass is 10.1. The van der Waals surface area contributed by atoms with Crippen molar-refractivity contribution >= 4 is 45.6 Å². The number of amides is 1. The largest absolute Gasteiger partial charge is 0.478 e. The van der Waals surface area contributed by atoms with Crippen LogP contribution in [-0.4, -0.2) is 33.0 Å². The number of carboxylic acids is 1. The molecule has 0 fully saturated rings. The van der Waals surface area contributed by atoms with E-state index in [1.165, 1.54) is 35.7 Å². The number of thiazole rings is 1. The number of hydrogen-bond donors (Lipinski definition) is 2. The van der Waals surface area contributed by atoms with E-state index in [1.807, 2.05) is 0 Å². The van der Waals surface area contributed by atoms with E-state index in [2.05, 4.69) is 15.3 Å². The Kier molecular flexibility index (Phi) is 8.78. The molecule has 0 saturated carbocycles. The average molecular weight is 609 g/mol. The number of pyridine rings is 1. The van der Waals surface area contributed by atoms with Crippen molar-refractivity contribution in [1.29, 1.82) is 0 Å². The van der Waals surface area contributed by atoms with Crippen LogP contribution in [0.5, 0.6) is 11.5 Å². The van der Waals surface area contributed by atoms with Crippen LogP contribution in [-0.2, 0) is 12.7 Å². The molecule has 8 nitrogen and oxygen atoms in total. The number of hydrogen-bond acceptors (Lipinski definition) is 7. The van der Waals surface area contributed by atoms with Gasteiger partial charge in [0.05, 0.1) is 21.8 Å². The van der Waals surface area contributed by atoms with E-state index in [9.17, 15) is 27.9 Å². The van der Waals surface area contributed by atoms with Crippen molar-refractivity contribution in [3.8, 4) is 11.5 Å². The van der Waals surface area contributed by atoms with Crippen LogP contribution in [0.3, 0.4) is 0 Å². The topological polar surface area (TPSA) is 105 Å². The molecule has 2 N–H and O–H groups in total. The van der Waals surface area contributed by atoms with Gasteiger partial charge in [0.25, 0.3) is 5.91 Å². The zero-order chi connectivity index (χ0) is 29.9. The van der Waals surface area contributed by atoms with E-state index in [0.717, 1.165) is 29.2 Å². The number of rotatable bonds is 9. The first-order chi connectivity index (χ1) is 19.3. The van der Waals surface area contributed by atoms with Crippen LogP contribution in [0.2, 0.25) is 5.02 Å². The first-order valence-corrected chi connectivity index (χ1v) is 13.1. The van der Waals surface area contributed by atoms with Gasteiger partial charge < -0.3 is 20.1 Å². The number of carbonyl (C=O) groups is 2. The fraction of sp³-hybridized carbons (Fsp3) is 0.185. The molecule has 0 saturated heterocycles. The van der Waals surface area contributed by atoms with Crippen molar-refractivity contribution < 1.29 is 37.0 Å². The summed E-state index contributed by atoms with van der Waals surface area (Å²) < 4.78 is 62.4.